The van der Waals surface area contributed by atoms with Gasteiger partial charge in [-0.25, -0.2) is 9.97 Å². The van der Waals surface area contributed by atoms with Gasteiger partial charge in [-0.05, 0) is 23.8 Å². The molecule has 6 heteroatoms. The lowest BCUT2D eigenvalue weighted by Gasteiger charge is -2.11. The number of hydrogen-bond acceptors (Lipinski definition) is 5. The van der Waals surface area contributed by atoms with Crippen LogP contribution in [0.5, 0.6) is 0 Å². The Morgan fingerprint density at radius 1 is 1.04 bits per heavy atom. The first-order chi connectivity index (χ1) is 12.7. The normalized spacial score (nSPS) is 10.8. The molecule has 0 bridgehead atoms. The summed E-state index contributed by atoms with van der Waals surface area (Å²) in [5, 5.41) is 0. The number of rotatable bonds is 4. The monoisotopic (exact) mass is 344 g/mol. The van der Waals surface area contributed by atoms with E-state index in [0.29, 0.717) is 18.0 Å². The number of nitrogens with two attached hydrogens (primary N) is 1. The summed E-state index contributed by atoms with van der Waals surface area (Å²) in [6.45, 7) is 0.486. The van der Waals surface area contributed by atoms with E-state index in [1.165, 1.54) is 0 Å². The van der Waals surface area contributed by atoms with E-state index in [4.69, 9.17) is 10.2 Å². The molecule has 0 amide bonds. The maximum atomic E-state index is 12.3. The molecule has 0 spiro atoms. The second-order valence-corrected chi connectivity index (χ2v) is 5.84. The quantitative estimate of drug-likeness (QED) is 0.614. The summed E-state index contributed by atoms with van der Waals surface area (Å²) in [4.78, 5) is 20.7. The fourth-order valence-electron chi connectivity index (χ4n) is 2.80. The summed E-state index contributed by atoms with van der Waals surface area (Å²) in [5.41, 5.74) is 8.87. The van der Waals surface area contributed by atoms with Gasteiger partial charge >= 0.3 is 0 Å². The number of furan rings is 1. The molecule has 4 aromatic rings. The molecule has 3 heterocycles. The van der Waals surface area contributed by atoms with Gasteiger partial charge in [-0.3, -0.25) is 4.79 Å². The maximum absolute atomic E-state index is 12.3. The van der Waals surface area contributed by atoms with Crippen LogP contribution in [0.1, 0.15) is 5.56 Å². The highest BCUT2D eigenvalue weighted by Crippen LogP contribution is 2.30. The van der Waals surface area contributed by atoms with Crippen LogP contribution in [0.2, 0.25) is 0 Å². The molecule has 0 saturated heterocycles. The SMILES string of the molecule is Nc1ncc(-c2ccc(=O)n(Cc3ccccc3)c2)c(-c2ccco2)n1. The number of benzene rings is 1. The third kappa shape index (κ3) is 3.12. The number of aromatic nitrogens is 3. The smallest absolute Gasteiger partial charge is 0.250 e. The number of nitrogens with zero attached hydrogens (tertiary/aromatic N) is 3. The van der Waals surface area contributed by atoms with Crippen LogP contribution in [0, 0.1) is 0 Å². The molecular formula is C20H16N4O2. The molecule has 0 fully saturated rings. The predicted molar refractivity (Wildman–Crippen MR) is 99.4 cm³/mol. The molecule has 0 aliphatic rings. The van der Waals surface area contributed by atoms with E-state index in [1.807, 2.05) is 36.4 Å². The van der Waals surface area contributed by atoms with Crippen molar-refractivity contribution in [2.45, 2.75) is 6.54 Å². The molecular weight excluding hydrogens is 328 g/mol. The predicted octanol–water partition coefficient (Wildman–Crippen LogP) is 3.20. The fraction of sp³-hybridized carbons (Fsp3) is 0.0500. The van der Waals surface area contributed by atoms with Crippen LogP contribution in [0.3, 0.4) is 0 Å². The van der Waals surface area contributed by atoms with Crippen molar-refractivity contribution in [3.05, 3.63) is 89.2 Å². The Bertz CT molecular complexity index is 1090. The summed E-state index contributed by atoms with van der Waals surface area (Å²) >= 11 is 0. The van der Waals surface area contributed by atoms with Crippen LogP contribution >= 0.6 is 0 Å². The van der Waals surface area contributed by atoms with Gasteiger partial charge in [-0.15, -0.1) is 0 Å². The molecule has 6 nitrogen and oxygen atoms in total. The Hall–Kier alpha value is -3.67. The largest absolute Gasteiger partial charge is 0.463 e. The topological polar surface area (TPSA) is 86.9 Å². The molecule has 0 saturated carbocycles. The molecule has 0 aliphatic carbocycles. The average molecular weight is 344 g/mol. The van der Waals surface area contributed by atoms with Crippen LogP contribution in [0.15, 0.2) is 82.5 Å². The molecule has 4 rings (SSSR count). The fourth-order valence-corrected chi connectivity index (χ4v) is 2.80. The standard InChI is InChI=1S/C20H16N4O2/c21-20-22-11-16(19(23-20)17-7-4-10-26-17)15-8-9-18(25)24(13-15)12-14-5-2-1-3-6-14/h1-11,13H,12H2,(H2,21,22,23). The van der Waals surface area contributed by atoms with Crippen molar-refractivity contribution in [3.8, 4) is 22.6 Å². The van der Waals surface area contributed by atoms with Crippen molar-refractivity contribution in [2.24, 2.45) is 0 Å². The van der Waals surface area contributed by atoms with E-state index >= 15 is 0 Å². The van der Waals surface area contributed by atoms with Crippen molar-refractivity contribution in [3.63, 3.8) is 0 Å². The van der Waals surface area contributed by atoms with Gasteiger partial charge in [0.1, 0.15) is 5.69 Å². The van der Waals surface area contributed by atoms with Gasteiger partial charge in [-0.1, -0.05) is 30.3 Å². The van der Waals surface area contributed by atoms with Gasteiger partial charge in [0.25, 0.3) is 5.56 Å². The van der Waals surface area contributed by atoms with Gasteiger partial charge in [0.2, 0.25) is 5.95 Å². The molecule has 128 valence electrons. The van der Waals surface area contributed by atoms with Crippen molar-refractivity contribution < 1.29 is 4.42 Å². The van der Waals surface area contributed by atoms with E-state index < -0.39 is 0 Å². The van der Waals surface area contributed by atoms with Crippen LogP contribution in [-0.2, 0) is 6.54 Å². The summed E-state index contributed by atoms with van der Waals surface area (Å²) in [7, 11) is 0. The molecule has 0 atom stereocenters. The Kier molecular flexibility index (Phi) is 4.07. The van der Waals surface area contributed by atoms with Crippen LogP contribution in [0.4, 0.5) is 5.95 Å². The minimum atomic E-state index is -0.0754. The van der Waals surface area contributed by atoms with E-state index in [9.17, 15) is 4.79 Å². The first kappa shape index (κ1) is 15.8. The van der Waals surface area contributed by atoms with Gasteiger partial charge in [0.05, 0.1) is 12.8 Å². The van der Waals surface area contributed by atoms with Crippen molar-refractivity contribution in [1.82, 2.24) is 14.5 Å². The molecule has 1 aromatic carbocycles. The molecule has 26 heavy (non-hydrogen) atoms. The summed E-state index contributed by atoms with van der Waals surface area (Å²) < 4.78 is 7.13. The third-order valence-corrected chi connectivity index (χ3v) is 4.05. The average Bonchev–Trinajstić information content (AvgIpc) is 3.19. The Labute approximate surface area is 149 Å². The number of nitrogen functional groups attached to an aromatic ring is 1. The lowest BCUT2D eigenvalue weighted by Crippen LogP contribution is -2.19. The maximum Gasteiger partial charge on any atom is 0.250 e. The van der Waals surface area contributed by atoms with E-state index in [2.05, 4.69) is 9.97 Å². The van der Waals surface area contributed by atoms with Gasteiger partial charge < -0.3 is 14.7 Å². The minimum absolute atomic E-state index is 0.0754. The van der Waals surface area contributed by atoms with Gasteiger partial charge in [0, 0.05) is 29.6 Å². The first-order valence-corrected chi connectivity index (χ1v) is 8.12. The van der Waals surface area contributed by atoms with E-state index in [1.54, 1.807) is 41.4 Å². The van der Waals surface area contributed by atoms with Crippen LogP contribution < -0.4 is 11.3 Å². The van der Waals surface area contributed by atoms with Crippen molar-refractivity contribution in [1.29, 1.82) is 0 Å². The van der Waals surface area contributed by atoms with Gasteiger partial charge in [-0.2, -0.15) is 0 Å². The minimum Gasteiger partial charge on any atom is -0.463 e. The molecule has 0 radical (unpaired) electrons. The van der Waals surface area contributed by atoms with Crippen molar-refractivity contribution >= 4 is 5.95 Å². The van der Waals surface area contributed by atoms with Crippen molar-refractivity contribution in [2.75, 3.05) is 5.73 Å². The zero-order chi connectivity index (χ0) is 17.9. The first-order valence-electron chi connectivity index (χ1n) is 8.12. The van der Waals surface area contributed by atoms with E-state index in [0.717, 1.165) is 16.7 Å². The molecule has 3 aromatic heterocycles. The molecule has 2 N–H and O–H groups in total. The summed E-state index contributed by atoms with van der Waals surface area (Å²) in [5.74, 6) is 0.757. The Morgan fingerprint density at radius 3 is 2.65 bits per heavy atom. The highest BCUT2D eigenvalue weighted by molar-refractivity contribution is 5.78. The lowest BCUT2D eigenvalue weighted by molar-refractivity contribution is 0.580. The lowest BCUT2D eigenvalue weighted by atomic mass is 10.1. The zero-order valence-corrected chi connectivity index (χ0v) is 13.9. The second-order valence-electron chi connectivity index (χ2n) is 5.84. The highest BCUT2D eigenvalue weighted by Gasteiger charge is 2.14. The Balaban J connectivity index is 1.80. The summed E-state index contributed by atoms with van der Waals surface area (Å²) in [6.07, 6.45) is 5.03. The highest BCUT2D eigenvalue weighted by atomic mass is 16.3. The molecule has 0 unspecified atom stereocenters. The number of pyridine rings is 1. The van der Waals surface area contributed by atoms with Crippen LogP contribution in [0.25, 0.3) is 22.6 Å². The van der Waals surface area contributed by atoms with Crippen LogP contribution in [-0.4, -0.2) is 14.5 Å². The second kappa shape index (κ2) is 6.68. The van der Waals surface area contributed by atoms with Gasteiger partial charge in [0.15, 0.2) is 5.76 Å². The zero-order valence-electron chi connectivity index (χ0n) is 13.9. The van der Waals surface area contributed by atoms with E-state index in [-0.39, 0.29) is 11.5 Å². The molecule has 0 aliphatic heterocycles. The Morgan fingerprint density at radius 2 is 1.88 bits per heavy atom. The third-order valence-electron chi connectivity index (χ3n) is 4.05. The number of hydrogen-bond donors (Lipinski definition) is 1. The number of anilines is 1. The summed E-state index contributed by atoms with van der Waals surface area (Å²) in [6, 6.07) is 16.7.